The first-order valence-corrected chi connectivity index (χ1v) is 10.8. The second kappa shape index (κ2) is 7.86. The molecule has 6 heteroatoms. The lowest BCUT2D eigenvalue weighted by atomic mass is 10.1. The summed E-state index contributed by atoms with van der Waals surface area (Å²) in [6.07, 6.45) is 2.98. The van der Waals surface area contributed by atoms with Crippen molar-refractivity contribution in [3.05, 3.63) is 34.9 Å². The lowest BCUT2D eigenvalue weighted by Crippen LogP contribution is -2.37. The molecular formula is C15H22ClNO2S2. The van der Waals surface area contributed by atoms with Crippen LogP contribution < -0.4 is 0 Å². The van der Waals surface area contributed by atoms with E-state index in [9.17, 15) is 8.42 Å². The molecule has 0 unspecified atom stereocenters. The molecule has 1 saturated heterocycles. The third kappa shape index (κ3) is 5.81. The van der Waals surface area contributed by atoms with Crippen molar-refractivity contribution in [1.82, 2.24) is 4.90 Å². The molecule has 1 aliphatic rings. The van der Waals surface area contributed by atoms with Gasteiger partial charge in [-0.1, -0.05) is 23.7 Å². The van der Waals surface area contributed by atoms with Gasteiger partial charge in [-0.3, -0.25) is 4.90 Å². The maximum Gasteiger partial charge on any atom is 0.147 e. The van der Waals surface area contributed by atoms with Gasteiger partial charge in [0.05, 0.1) is 0 Å². The summed E-state index contributed by atoms with van der Waals surface area (Å²) in [6.45, 7) is 2.03. The van der Waals surface area contributed by atoms with Gasteiger partial charge in [0.25, 0.3) is 0 Å². The fourth-order valence-electron chi connectivity index (χ4n) is 2.58. The molecular weight excluding hydrogens is 326 g/mol. The highest BCUT2D eigenvalue weighted by Gasteiger charge is 2.23. The van der Waals surface area contributed by atoms with E-state index in [-0.39, 0.29) is 0 Å². The molecule has 0 saturated carbocycles. The highest BCUT2D eigenvalue weighted by Crippen LogP contribution is 2.30. The van der Waals surface area contributed by atoms with Crippen molar-refractivity contribution in [3.8, 4) is 0 Å². The van der Waals surface area contributed by atoms with Crippen molar-refractivity contribution in [1.29, 1.82) is 0 Å². The fraction of sp³-hybridized carbons (Fsp3) is 0.600. The van der Waals surface area contributed by atoms with Gasteiger partial charge < -0.3 is 0 Å². The van der Waals surface area contributed by atoms with E-state index in [4.69, 9.17) is 11.6 Å². The first-order valence-electron chi connectivity index (χ1n) is 7.21. The first-order chi connectivity index (χ1) is 9.96. The molecule has 21 heavy (non-hydrogen) atoms. The van der Waals surface area contributed by atoms with Gasteiger partial charge in [0.1, 0.15) is 9.84 Å². The van der Waals surface area contributed by atoms with Crippen LogP contribution >= 0.6 is 23.4 Å². The Morgan fingerprint density at radius 1 is 1.29 bits per heavy atom. The number of rotatable bonds is 6. The van der Waals surface area contributed by atoms with Crippen LogP contribution in [0.3, 0.4) is 0 Å². The van der Waals surface area contributed by atoms with Crippen LogP contribution in [0, 0.1) is 0 Å². The van der Waals surface area contributed by atoms with E-state index in [2.05, 4.69) is 17.0 Å². The summed E-state index contributed by atoms with van der Waals surface area (Å²) in [5.41, 5.74) is 1.30. The predicted octanol–water partition coefficient (Wildman–Crippen LogP) is 3.25. The molecule has 0 amide bonds. The maximum absolute atomic E-state index is 11.2. The number of halogens is 1. The predicted molar refractivity (Wildman–Crippen MR) is 92.0 cm³/mol. The summed E-state index contributed by atoms with van der Waals surface area (Å²) >= 11 is 7.94. The summed E-state index contributed by atoms with van der Waals surface area (Å²) < 4.78 is 22.3. The van der Waals surface area contributed by atoms with Crippen molar-refractivity contribution < 1.29 is 8.42 Å². The number of hydrogen-bond donors (Lipinski definition) is 0. The molecule has 0 aromatic heterocycles. The van der Waals surface area contributed by atoms with Gasteiger partial charge in [0, 0.05) is 41.1 Å². The van der Waals surface area contributed by atoms with E-state index in [0.29, 0.717) is 11.8 Å². The van der Waals surface area contributed by atoms with E-state index in [1.807, 2.05) is 23.9 Å². The third-order valence-electron chi connectivity index (χ3n) is 3.70. The number of benzene rings is 1. The molecule has 0 N–H and O–H groups in total. The van der Waals surface area contributed by atoms with Gasteiger partial charge >= 0.3 is 0 Å². The van der Waals surface area contributed by atoms with Crippen LogP contribution in [0.25, 0.3) is 0 Å². The third-order valence-corrected chi connectivity index (χ3v) is 6.01. The second-order valence-electron chi connectivity index (χ2n) is 5.52. The van der Waals surface area contributed by atoms with Gasteiger partial charge in [0.2, 0.25) is 0 Å². The molecule has 0 bridgehead atoms. The highest BCUT2D eigenvalue weighted by atomic mass is 35.5. The van der Waals surface area contributed by atoms with Crippen LogP contribution in [-0.4, -0.2) is 49.9 Å². The molecule has 0 radical (unpaired) electrons. The Bertz CT molecular complexity index is 545. The molecule has 1 aliphatic heterocycles. The smallest absolute Gasteiger partial charge is 0.147 e. The standard InChI is InChI=1S/C15H22ClNO2S2/c1-21(18,19)11-3-2-8-17-9-10-20-12-15(17)13-4-6-14(16)7-5-13/h4-7,15H,2-3,8-12H2,1H3/t15-/m1/s1. The largest absolute Gasteiger partial charge is 0.295 e. The maximum atomic E-state index is 11.2. The summed E-state index contributed by atoms with van der Waals surface area (Å²) in [4.78, 5) is 2.47. The first kappa shape index (κ1) is 17.1. The molecule has 1 fully saturated rings. The number of unbranched alkanes of at least 4 members (excludes halogenated alkanes) is 1. The summed E-state index contributed by atoms with van der Waals surface area (Å²) in [5.74, 6) is 2.53. The van der Waals surface area contributed by atoms with Crippen molar-refractivity contribution in [2.75, 3.05) is 36.6 Å². The van der Waals surface area contributed by atoms with Crippen LogP contribution in [0.15, 0.2) is 24.3 Å². The van der Waals surface area contributed by atoms with E-state index in [1.54, 1.807) is 0 Å². The van der Waals surface area contributed by atoms with Crippen molar-refractivity contribution in [3.63, 3.8) is 0 Å². The van der Waals surface area contributed by atoms with Gasteiger partial charge in [-0.05, 0) is 37.1 Å². The molecule has 2 rings (SSSR count). The number of sulfone groups is 1. The Labute approximate surface area is 137 Å². The van der Waals surface area contributed by atoms with Crippen LogP contribution in [0.2, 0.25) is 5.02 Å². The summed E-state index contributed by atoms with van der Waals surface area (Å²) in [7, 11) is -2.83. The molecule has 3 nitrogen and oxygen atoms in total. The van der Waals surface area contributed by atoms with Crippen LogP contribution in [0.1, 0.15) is 24.4 Å². The zero-order valence-corrected chi connectivity index (χ0v) is 14.7. The minimum atomic E-state index is -2.83. The number of nitrogens with zero attached hydrogens (tertiary/aromatic N) is 1. The van der Waals surface area contributed by atoms with Crippen molar-refractivity contribution in [2.24, 2.45) is 0 Å². The average molecular weight is 348 g/mol. The Morgan fingerprint density at radius 3 is 2.67 bits per heavy atom. The Morgan fingerprint density at radius 2 is 2.00 bits per heavy atom. The topological polar surface area (TPSA) is 37.4 Å². The van der Waals surface area contributed by atoms with E-state index < -0.39 is 9.84 Å². The monoisotopic (exact) mass is 347 g/mol. The van der Waals surface area contributed by atoms with Crippen LogP contribution in [-0.2, 0) is 9.84 Å². The Kier molecular flexibility index (Phi) is 6.41. The second-order valence-corrected chi connectivity index (χ2v) is 9.36. The zero-order valence-electron chi connectivity index (χ0n) is 12.3. The number of thioether (sulfide) groups is 1. The average Bonchev–Trinajstić information content (AvgIpc) is 2.44. The Balaban J connectivity index is 1.91. The molecule has 1 aromatic rings. The minimum absolute atomic E-state index is 0.293. The molecule has 1 heterocycles. The van der Waals surface area contributed by atoms with Gasteiger partial charge in [0.15, 0.2) is 0 Å². The van der Waals surface area contributed by atoms with Gasteiger partial charge in [-0.2, -0.15) is 11.8 Å². The normalized spacial score (nSPS) is 20.6. The van der Waals surface area contributed by atoms with Crippen LogP contribution in [0.5, 0.6) is 0 Å². The molecule has 0 aliphatic carbocycles. The quantitative estimate of drug-likeness (QED) is 0.740. The van der Waals surface area contributed by atoms with E-state index >= 15 is 0 Å². The summed E-state index contributed by atoms with van der Waals surface area (Å²) in [6, 6.07) is 8.50. The fourth-order valence-corrected chi connectivity index (χ4v) is 4.59. The van der Waals surface area contributed by atoms with Crippen molar-refractivity contribution in [2.45, 2.75) is 18.9 Å². The molecule has 1 atom stereocenters. The minimum Gasteiger partial charge on any atom is -0.295 e. The van der Waals surface area contributed by atoms with E-state index in [0.717, 1.165) is 42.5 Å². The molecule has 118 valence electrons. The highest BCUT2D eigenvalue weighted by molar-refractivity contribution is 7.99. The lowest BCUT2D eigenvalue weighted by Gasteiger charge is -2.35. The molecule has 1 aromatic carbocycles. The lowest BCUT2D eigenvalue weighted by molar-refractivity contribution is 0.218. The summed E-state index contributed by atoms with van der Waals surface area (Å²) in [5, 5.41) is 0.766. The Hall–Kier alpha value is -0.230. The molecule has 0 spiro atoms. The van der Waals surface area contributed by atoms with Gasteiger partial charge in [-0.25, -0.2) is 8.42 Å². The van der Waals surface area contributed by atoms with Crippen LogP contribution in [0.4, 0.5) is 0 Å². The number of hydrogen-bond acceptors (Lipinski definition) is 4. The van der Waals surface area contributed by atoms with Gasteiger partial charge in [-0.15, -0.1) is 0 Å². The SMILES string of the molecule is CS(=O)(=O)CCCCN1CCSC[C@@H]1c1ccc(Cl)cc1. The van der Waals surface area contributed by atoms with Crippen molar-refractivity contribution >= 4 is 33.2 Å². The van der Waals surface area contributed by atoms with E-state index in [1.165, 1.54) is 11.8 Å². The zero-order chi connectivity index (χ0) is 15.3.